The van der Waals surface area contributed by atoms with Gasteiger partial charge in [0.1, 0.15) is 11.4 Å². The highest BCUT2D eigenvalue weighted by Gasteiger charge is 2.36. The molecule has 14 nitrogen and oxygen atoms in total. The number of anilines is 2. The van der Waals surface area contributed by atoms with Crippen LogP contribution >= 0.6 is 0 Å². The van der Waals surface area contributed by atoms with Gasteiger partial charge in [0.25, 0.3) is 22.9 Å². The highest BCUT2D eigenvalue weighted by atomic mass is 19.1. The molecule has 6 heterocycles. The van der Waals surface area contributed by atoms with Gasteiger partial charge in [-0.25, -0.2) is 9.97 Å². The molecule has 0 aromatic carbocycles. The summed E-state index contributed by atoms with van der Waals surface area (Å²) in [6, 6.07) is 11.7. The van der Waals surface area contributed by atoms with Crippen molar-refractivity contribution >= 4 is 23.2 Å². The number of hydrogen-bond acceptors (Lipinski definition) is 10. The fourth-order valence-corrected chi connectivity index (χ4v) is 12.1. The van der Waals surface area contributed by atoms with Crippen LogP contribution in [0.25, 0.3) is 0 Å². The van der Waals surface area contributed by atoms with Gasteiger partial charge in [-0.15, -0.1) is 0 Å². The molecule has 4 N–H and O–H groups in total. The first kappa shape index (κ1) is 44.4. The Hall–Kier alpha value is -5.48. The first-order valence-corrected chi connectivity index (χ1v) is 24.4. The van der Waals surface area contributed by atoms with Gasteiger partial charge in [0.15, 0.2) is 0 Å². The van der Waals surface area contributed by atoms with Gasteiger partial charge in [-0.3, -0.25) is 29.0 Å². The highest BCUT2D eigenvalue weighted by molar-refractivity contribution is 5.92. The van der Waals surface area contributed by atoms with Crippen molar-refractivity contribution in [3.63, 3.8) is 0 Å². The Morgan fingerprint density at radius 2 is 1.17 bits per heavy atom. The smallest absolute Gasteiger partial charge is 0.270 e. The molecule has 2 amide bonds. The van der Waals surface area contributed by atoms with Gasteiger partial charge < -0.3 is 30.4 Å². The summed E-state index contributed by atoms with van der Waals surface area (Å²) >= 11 is 0. The van der Waals surface area contributed by atoms with Gasteiger partial charge in [0.2, 0.25) is 11.9 Å². The first-order chi connectivity index (χ1) is 32.1. The number of nitrogens with zero attached hydrogens (tertiary/aromatic N) is 6. The van der Waals surface area contributed by atoms with E-state index in [-0.39, 0.29) is 34.3 Å². The number of aryl methyl sites for hydroxylation is 2. The number of hydrogen-bond donors (Lipinski definition) is 4. The number of pyridine rings is 4. The van der Waals surface area contributed by atoms with Crippen LogP contribution in [0.15, 0.2) is 46.0 Å². The minimum absolute atomic E-state index is 0.0440. The van der Waals surface area contributed by atoms with Crippen LogP contribution in [0.1, 0.15) is 124 Å². The molecule has 5 atom stereocenters. The molecule has 0 radical (unpaired) electrons. The van der Waals surface area contributed by atoms with Crippen molar-refractivity contribution in [1.82, 2.24) is 40.4 Å². The van der Waals surface area contributed by atoms with Crippen LogP contribution in [0.3, 0.4) is 0 Å². The average Bonchev–Trinajstić information content (AvgIpc) is 4.05. The average molecular weight is 905 g/mol. The summed E-state index contributed by atoms with van der Waals surface area (Å²) < 4.78 is 30.4. The number of amides is 2. The molecule has 2 saturated heterocycles. The summed E-state index contributed by atoms with van der Waals surface area (Å²) in [5, 5.41) is 5.44. The second kappa shape index (κ2) is 19.0. The molecule has 6 aliphatic rings. The highest BCUT2D eigenvalue weighted by Crippen LogP contribution is 2.39. The summed E-state index contributed by atoms with van der Waals surface area (Å²) in [6.45, 7) is 6.28. The van der Waals surface area contributed by atoms with Gasteiger partial charge >= 0.3 is 0 Å². The van der Waals surface area contributed by atoms with Gasteiger partial charge in [0.05, 0.1) is 11.4 Å². The molecule has 4 aliphatic carbocycles. The molecule has 2 aliphatic heterocycles. The minimum Gasteiger partial charge on any atom is -0.365 e. The maximum absolute atomic E-state index is 15.5. The maximum Gasteiger partial charge on any atom is 0.270 e. The Morgan fingerprint density at radius 1 is 0.652 bits per heavy atom. The summed E-state index contributed by atoms with van der Waals surface area (Å²) in [7, 11) is 1.49. The number of piperazine rings is 2. The zero-order valence-electron chi connectivity index (χ0n) is 38.0. The van der Waals surface area contributed by atoms with E-state index < -0.39 is 23.7 Å². The molecular formula is C50H62F2N10O4. The third-order valence-corrected chi connectivity index (χ3v) is 15.9. The van der Waals surface area contributed by atoms with E-state index in [1.807, 2.05) is 9.80 Å². The van der Waals surface area contributed by atoms with Crippen LogP contribution < -0.4 is 31.6 Å². The van der Waals surface area contributed by atoms with E-state index >= 15 is 4.39 Å². The molecule has 1 unspecified atom stereocenters. The molecule has 2 saturated carbocycles. The zero-order valence-corrected chi connectivity index (χ0v) is 38.0. The van der Waals surface area contributed by atoms with E-state index in [4.69, 9.17) is 0 Å². The van der Waals surface area contributed by atoms with Crippen molar-refractivity contribution < 1.29 is 18.4 Å². The Kier molecular flexibility index (Phi) is 12.8. The molecule has 10 rings (SSSR count). The Morgan fingerprint density at radius 3 is 1.71 bits per heavy atom. The quantitative estimate of drug-likeness (QED) is 0.163. The summed E-state index contributed by atoms with van der Waals surface area (Å²) in [4.78, 5) is 74.8. The minimum atomic E-state index is -0.643. The largest absolute Gasteiger partial charge is 0.365 e. The van der Waals surface area contributed by atoms with Crippen molar-refractivity contribution in [2.45, 2.75) is 107 Å². The number of carbonyl (C=O) groups excluding carboxylic acids is 2. The molecule has 4 fully saturated rings. The van der Waals surface area contributed by atoms with Crippen LogP contribution in [0.2, 0.25) is 0 Å². The summed E-state index contributed by atoms with van der Waals surface area (Å²) in [6.07, 6.45) is 12.4. The molecule has 16 heteroatoms. The lowest BCUT2D eigenvalue weighted by atomic mass is 9.83. The number of halogens is 2. The number of aromatic amines is 2. The molecule has 0 bridgehead atoms. The summed E-state index contributed by atoms with van der Waals surface area (Å²) in [5.74, 6) is -1.41. The first-order valence-electron chi connectivity index (χ1n) is 24.4. The number of aromatic nitrogens is 4. The van der Waals surface area contributed by atoms with Crippen molar-refractivity contribution in [1.29, 1.82) is 0 Å². The maximum atomic E-state index is 15.5. The fourth-order valence-electron chi connectivity index (χ4n) is 12.1. The lowest BCUT2D eigenvalue weighted by Crippen LogP contribution is -2.50. The SMILES string of the molecule is CNC(=O)c1ccc(N2CCN([C@@H]3CC[C@@H](c4cc5c(c(=O)[nH]4)CC(CNC(=O)c4ccc(N6CCN([C@H]7CC[C@@H](c8cc9c(c(=O)[nH]8)CCCC9)C7)CC6)c(F)n4)CC5)C3)CC2)c(F)n1. The van der Waals surface area contributed by atoms with Crippen LogP contribution in [0.5, 0.6) is 0 Å². The van der Waals surface area contributed by atoms with E-state index in [1.165, 1.54) is 12.6 Å². The normalized spacial score (nSPS) is 24.8. The summed E-state index contributed by atoms with van der Waals surface area (Å²) in [5.41, 5.74) is 7.16. The van der Waals surface area contributed by atoms with Gasteiger partial charge in [0, 0.05) is 112 Å². The Balaban J connectivity index is 0.672. The number of carbonyl (C=O) groups is 2. The van der Waals surface area contributed by atoms with E-state index in [2.05, 4.69) is 52.5 Å². The van der Waals surface area contributed by atoms with Crippen LogP contribution in [0, 0.1) is 17.8 Å². The van der Waals surface area contributed by atoms with Gasteiger partial charge in [-0.2, -0.15) is 8.78 Å². The monoisotopic (exact) mass is 904 g/mol. The van der Waals surface area contributed by atoms with E-state index in [1.54, 1.807) is 24.3 Å². The van der Waals surface area contributed by atoms with E-state index in [0.29, 0.717) is 68.5 Å². The Bertz CT molecular complexity index is 2580. The third-order valence-electron chi connectivity index (χ3n) is 15.9. The standard InChI is InChI=1S/C50H62F2N10O4/c1-53-49(65)39-12-14-43(45(51)55-39)61-20-16-60(17-21-61)36-11-9-34(26-36)42-28-32-7-6-30(24-38(32)48(64)58-42)29-54-50(66)40-13-15-44(46(52)56-40)62-22-18-59(19-23-62)35-10-8-33(25-35)41-27-31-4-2-3-5-37(31)47(63)57-41/h12-15,27-28,30,33-36H,2-11,16-26,29H2,1H3,(H,53,65)(H,54,66)(H,57,63)(H,58,64)/t30?,33-,34-,35+,36-/m1/s1. The lowest BCUT2D eigenvalue weighted by molar-refractivity contribution is 0.0936. The number of nitrogens with one attached hydrogen (secondary N) is 4. The molecule has 4 aromatic heterocycles. The van der Waals surface area contributed by atoms with Crippen molar-refractivity contribution in [3.05, 3.63) is 114 Å². The predicted octanol–water partition coefficient (Wildman–Crippen LogP) is 4.82. The fraction of sp³-hybridized carbons (Fsp3) is 0.560. The second-order valence-electron chi connectivity index (χ2n) is 19.6. The third kappa shape index (κ3) is 9.14. The lowest BCUT2D eigenvalue weighted by Gasteiger charge is -2.39. The van der Waals surface area contributed by atoms with E-state index in [0.717, 1.165) is 131 Å². The second-order valence-corrected chi connectivity index (χ2v) is 19.6. The molecule has 66 heavy (non-hydrogen) atoms. The van der Waals surface area contributed by atoms with Gasteiger partial charge in [-0.1, -0.05) is 0 Å². The molecule has 350 valence electrons. The predicted molar refractivity (Wildman–Crippen MR) is 249 cm³/mol. The van der Waals surface area contributed by atoms with Crippen LogP contribution in [-0.4, -0.2) is 120 Å². The topological polar surface area (TPSA) is 163 Å². The van der Waals surface area contributed by atoms with E-state index in [9.17, 15) is 23.6 Å². The molecular weight excluding hydrogens is 843 g/mol. The van der Waals surface area contributed by atoms with Crippen molar-refractivity contribution in [2.75, 3.05) is 75.8 Å². The number of rotatable bonds is 10. The van der Waals surface area contributed by atoms with Gasteiger partial charge in [-0.05, 0) is 137 Å². The Labute approximate surface area is 384 Å². The molecule has 4 aromatic rings. The zero-order chi connectivity index (χ0) is 45.5. The number of fused-ring (bicyclic) bond motifs is 2. The van der Waals surface area contributed by atoms with Crippen molar-refractivity contribution in [2.24, 2.45) is 5.92 Å². The number of H-pyrrole nitrogens is 2. The van der Waals surface area contributed by atoms with Crippen LogP contribution in [0.4, 0.5) is 20.2 Å². The van der Waals surface area contributed by atoms with Crippen molar-refractivity contribution in [3.8, 4) is 0 Å². The molecule has 0 spiro atoms. The van der Waals surface area contributed by atoms with Crippen LogP contribution in [-0.2, 0) is 25.7 Å².